The number of carbonyl (C=O) groups excluding carboxylic acids is 1. The Labute approximate surface area is 105 Å². The van der Waals surface area contributed by atoms with Crippen LogP contribution in [0.25, 0.3) is 0 Å². The van der Waals surface area contributed by atoms with Gasteiger partial charge in [-0.2, -0.15) is 0 Å². The molecule has 0 amide bonds. The Morgan fingerprint density at radius 2 is 2.00 bits per heavy atom. The minimum absolute atomic E-state index is 0.171. The first-order chi connectivity index (χ1) is 7.41. The molecule has 88 valence electrons. The third kappa shape index (κ3) is 3.35. The summed E-state index contributed by atoms with van der Waals surface area (Å²) in [5.41, 5.74) is 0.245. The van der Waals surface area contributed by atoms with Gasteiger partial charge in [0, 0.05) is 6.20 Å². The molecule has 0 saturated carbocycles. The van der Waals surface area contributed by atoms with Crippen LogP contribution in [0.15, 0.2) is 12.3 Å². The van der Waals surface area contributed by atoms with E-state index in [4.69, 9.17) is 27.9 Å². The fourth-order valence-corrected chi connectivity index (χ4v) is 1.28. The number of hydrogen-bond donors (Lipinski definition) is 0. The van der Waals surface area contributed by atoms with Gasteiger partial charge in [0.1, 0.15) is 11.3 Å². The van der Waals surface area contributed by atoms with E-state index in [1.807, 2.05) is 20.8 Å². The van der Waals surface area contributed by atoms with Crippen molar-refractivity contribution in [1.82, 2.24) is 4.98 Å². The van der Waals surface area contributed by atoms with Crippen LogP contribution in [0.3, 0.4) is 0 Å². The van der Waals surface area contributed by atoms with Gasteiger partial charge in [-0.3, -0.25) is 0 Å². The largest absolute Gasteiger partial charge is 0.459 e. The predicted octanol–water partition coefficient (Wildman–Crippen LogP) is 3.59. The Hall–Kier alpha value is -0.800. The van der Waals surface area contributed by atoms with Crippen molar-refractivity contribution >= 4 is 29.2 Å². The molecule has 0 radical (unpaired) electrons. The summed E-state index contributed by atoms with van der Waals surface area (Å²) in [7, 11) is 0. The molecule has 5 heteroatoms. The van der Waals surface area contributed by atoms with Crippen molar-refractivity contribution in [1.29, 1.82) is 0 Å². The number of pyridine rings is 1. The first-order valence-electron chi connectivity index (χ1n) is 4.94. The molecule has 0 aliphatic heterocycles. The van der Waals surface area contributed by atoms with Crippen LogP contribution in [0.1, 0.15) is 31.1 Å². The Balaban J connectivity index is 2.84. The van der Waals surface area contributed by atoms with Crippen molar-refractivity contribution in [2.75, 3.05) is 0 Å². The maximum Gasteiger partial charge on any atom is 0.340 e. The van der Waals surface area contributed by atoms with Gasteiger partial charge in [-0.1, -0.05) is 37.0 Å². The lowest BCUT2D eigenvalue weighted by Crippen LogP contribution is -2.20. The third-order valence-electron chi connectivity index (χ3n) is 2.27. The highest BCUT2D eigenvalue weighted by molar-refractivity contribution is 6.34. The molecule has 1 heterocycles. The first kappa shape index (κ1) is 13.3. The molecule has 0 aliphatic carbocycles. The molecular weight excluding hydrogens is 249 g/mol. The number of halogens is 2. The summed E-state index contributed by atoms with van der Waals surface area (Å²) in [5.74, 6) is -0.226. The van der Waals surface area contributed by atoms with E-state index in [2.05, 4.69) is 4.98 Å². The lowest BCUT2D eigenvalue weighted by molar-refractivity contribution is 0.0238. The van der Waals surface area contributed by atoms with Gasteiger partial charge in [0.25, 0.3) is 0 Å². The van der Waals surface area contributed by atoms with Crippen molar-refractivity contribution in [3.8, 4) is 0 Å². The van der Waals surface area contributed by atoms with Crippen molar-refractivity contribution in [2.45, 2.75) is 26.9 Å². The minimum atomic E-state index is -0.476. The molecule has 0 aliphatic rings. The summed E-state index contributed by atoms with van der Waals surface area (Å²) in [6, 6.07) is 1.40. The topological polar surface area (TPSA) is 39.2 Å². The normalized spacial score (nSPS) is 12.6. The summed E-state index contributed by atoms with van der Waals surface area (Å²) in [4.78, 5) is 15.5. The molecule has 0 N–H and O–H groups in total. The highest BCUT2D eigenvalue weighted by Crippen LogP contribution is 2.20. The maximum absolute atomic E-state index is 11.7. The SMILES string of the molecule is CC(C)C(C)OC(=O)c1cc(Cl)ncc1Cl. The summed E-state index contributed by atoms with van der Waals surface area (Å²) < 4.78 is 5.22. The molecule has 1 aromatic heterocycles. The number of rotatable bonds is 3. The first-order valence-corrected chi connectivity index (χ1v) is 5.69. The van der Waals surface area contributed by atoms with E-state index in [0.717, 1.165) is 0 Å². The smallest absolute Gasteiger partial charge is 0.340 e. The van der Waals surface area contributed by atoms with Gasteiger partial charge in [-0.15, -0.1) is 0 Å². The van der Waals surface area contributed by atoms with Gasteiger partial charge >= 0.3 is 5.97 Å². The van der Waals surface area contributed by atoms with Crippen LogP contribution in [0.2, 0.25) is 10.2 Å². The van der Waals surface area contributed by atoms with Gasteiger partial charge < -0.3 is 4.74 Å². The second kappa shape index (κ2) is 5.51. The molecule has 0 spiro atoms. The fraction of sp³-hybridized carbons (Fsp3) is 0.455. The summed E-state index contributed by atoms with van der Waals surface area (Å²) >= 11 is 11.5. The van der Waals surface area contributed by atoms with E-state index < -0.39 is 5.97 Å². The van der Waals surface area contributed by atoms with E-state index in [1.54, 1.807) is 0 Å². The zero-order chi connectivity index (χ0) is 12.3. The van der Waals surface area contributed by atoms with E-state index in [-0.39, 0.29) is 27.8 Å². The average Bonchev–Trinajstić information content (AvgIpc) is 2.21. The lowest BCUT2D eigenvalue weighted by Gasteiger charge is -2.16. The second-order valence-corrected chi connectivity index (χ2v) is 4.64. The number of esters is 1. The Morgan fingerprint density at radius 1 is 1.38 bits per heavy atom. The van der Waals surface area contributed by atoms with Crippen molar-refractivity contribution in [2.24, 2.45) is 5.92 Å². The molecule has 0 saturated heterocycles. The maximum atomic E-state index is 11.7. The number of hydrogen-bond acceptors (Lipinski definition) is 3. The molecule has 1 aromatic rings. The number of carbonyl (C=O) groups is 1. The van der Waals surface area contributed by atoms with Crippen LogP contribution in [0, 0.1) is 5.92 Å². The summed E-state index contributed by atoms with van der Waals surface area (Å²) in [6.07, 6.45) is 1.16. The van der Waals surface area contributed by atoms with E-state index in [1.165, 1.54) is 12.3 Å². The van der Waals surface area contributed by atoms with E-state index in [9.17, 15) is 4.79 Å². The van der Waals surface area contributed by atoms with Crippen LogP contribution in [-0.4, -0.2) is 17.1 Å². The fourth-order valence-electron chi connectivity index (χ4n) is 0.938. The molecule has 1 atom stereocenters. The zero-order valence-electron chi connectivity index (χ0n) is 9.33. The minimum Gasteiger partial charge on any atom is -0.459 e. The number of ether oxygens (including phenoxy) is 1. The second-order valence-electron chi connectivity index (χ2n) is 3.84. The third-order valence-corrected chi connectivity index (χ3v) is 2.78. The van der Waals surface area contributed by atoms with Gasteiger partial charge in [0.15, 0.2) is 0 Å². The van der Waals surface area contributed by atoms with Gasteiger partial charge in [-0.25, -0.2) is 9.78 Å². The summed E-state index contributed by atoms with van der Waals surface area (Å²) in [5, 5.41) is 0.457. The van der Waals surface area contributed by atoms with Gasteiger partial charge in [0.05, 0.1) is 10.6 Å². The summed E-state index contributed by atoms with van der Waals surface area (Å²) in [6.45, 7) is 5.78. The van der Waals surface area contributed by atoms with Crippen molar-refractivity contribution in [3.05, 3.63) is 28.0 Å². The molecule has 0 aromatic carbocycles. The van der Waals surface area contributed by atoms with Gasteiger partial charge in [-0.05, 0) is 18.9 Å². The zero-order valence-corrected chi connectivity index (χ0v) is 10.8. The molecule has 16 heavy (non-hydrogen) atoms. The van der Waals surface area contributed by atoms with Crippen LogP contribution >= 0.6 is 23.2 Å². The average molecular weight is 262 g/mol. The Kier molecular flexibility index (Phi) is 4.56. The Bertz CT molecular complexity index is 394. The van der Waals surface area contributed by atoms with Crippen LogP contribution in [0.5, 0.6) is 0 Å². The standard InChI is InChI=1S/C11H13Cl2NO2/c1-6(2)7(3)16-11(15)8-4-10(13)14-5-9(8)12/h4-7H,1-3H3. The molecule has 0 fully saturated rings. The highest BCUT2D eigenvalue weighted by atomic mass is 35.5. The van der Waals surface area contributed by atoms with Gasteiger partial charge in [0.2, 0.25) is 0 Å². The lowest BCUT2D eigenvalue weighted by atomic mass is 10.1. The monoisotopic (exact) mass is 261 g/mol. The van der Waals surface area contributed by atoms with Crippen LogP contribution < -0.4 is 0 Å². The molecule has 3 nitrogen and oxygen atoms in total. The quantitative estimate of drug-likeness (QED) is 0.617. The molecular formula is C11H13Cl2NO2. The van der Waals surface area contributed by atoms with E-state index in [0.29, 0.717) is 0 Å². The van der Waals surface area contributed by atoms with E-state index >= 15 is 0 Å². The molecule has 1 rings (SSSR count). The molecule has 1 unspecified atom stereocenters. The Morgan fingerprint density at radius 3 is 2.56 bits per heavy atom. The van der Waals surface area contributed by atoms with Crippen molar-refractivity contribution < 1.29 is 9.53 Å². The predicted molar refractivity (Wildman–Crippen MR) is 64.0 cm³/mol. The number of nitrogens with zero attached hydrogens (tertiary/aromatic N) is 1. The van der Waals surface area contributed by atoms with Crippen LogP contribution in [0.4, 0.5) is 0 Å². The van der Waals surface area contributed by atoms with Crippen LogP contribution in [-0.2, 0) is 4.74 Å². The molecule has 0 bridgehead atoms. The highest BCUT2D eigenvalue weighted by Gasteiger charge is 2.17. The number of aromatic nitrogens is 1. The van der Waals surface area contributed by atoms with Crippen molar-refractivity contribution in [3.63, 3.8) is 0 Å².